The Balaban J connectivity index is 1.45. The largest absolute Gasteiger partial charge is 0.415 e. The molecule has 2 aromatic rings. The maximum Gasteiger partial charge on any atom is 0.277 e. The Morgan fingerprint density at radius 2 is 2.08 bits per heavy atom. The fraction of sp³-hybridized carbons (Fsp3) is 0.467. The fourth-order valence-electron chi connectivity index (χ4n) is 2.42. The average Bonchev–Trinajstić information content (AvgIpc) is 3.08. The minimum absolute atomic E-state index is 0.102. The van der Waals surface area contributed by atoms with Gasteiger partial charge < -0.3 is 14.2 Å². The van der Waals surface area contributed by atoms with Crippen LogP contribution in [0.4, 0.5) is 5.82 Å². The Bertz CT molecular complexity index is 659. The first kappa shape index (κ1) is 17.1. The molecule has 0 saturated carbocycles. The molecule has 3 heterocycles. The Kier molecular flexibility index (Phi) is 5.97. The van der Waals surface area contributed by atoms with Crippen molar-refractivity contribution in [2.45, 2.75) is 11.0 Å². The average molecular weight is 365 g/mol. The second-order valence-corrected chi connectivity index (χ2v) is 7.03. The number of anilines is 1. The molecule has 24 heavy (non-hydrogen) atoms. The Morgan fingerprint density at radius 3 is 2.79 bits per heavy atom. The molecule has 1 aliphatic rings. The molecular formula is C15H19N5O2S2. The summed E-state index contributed by atoms with van der Waals surface area (Å²) in [6.45, 7) is 3.01. The maximum atomic E-state index is 12.3. The van der Waals surface area contributed by atoms with Crippen LogP contribution in [0.2, 0.25) is 0 Å². The van der Waals surface area contributed by atoms with E-state index in [1.165, 1.54) is 11.8 Å². The van der Waals surface area contributed by atoms with Crippen molar-refractivity contribution in [3.05, 3.63) is 30.3 Å². The van der Waals surface area contributed by atoms with Crippen LogP contribution in [0.25, 0.3) is 0 Å². The molecule has 7 nitrogen and oxygen atoms in total. The summed E-state index contributed by atoms with van der Waals surface area (Å²) >= 11 is 2.92. The zero-order chi connectivity index (χ0) is 16.8. The third-order valence-corrected chi connectivity index (χ3v) is 4.98. The number of nitrogens with zero attached hydrogens (tertiary/aromatic N) is 5. The quantitative estimate of drug-likeness (QED) is 0.717. The van der Waals surface area contributed by atoms with Gasteiger partial charge in [-0.2, -0.15) is 11.8 Å². The van der Waals surface area contributed by atoms with E-state index >= 15 is 0 Å². The minimum Gasteiger partial charge on any atom is -0.415 e. The third-order valence-electron chi connectivity index (χ3n) is 3.64. The van der Waals surface area contributed by atoms with Crippen molar-refractivity contribution < 1.29 is 9.21 Å². The van der Waals surface area contributed by atoms with Crippen LogP contribution in [0.5, 0.6) is 0 Å². The number of hydrogen-bond acceptors (Lipinski definition) is 8. The standard InChI is InChI=1S/C15H19N5O2S2/c1-23-10-13-17-18-15(22-13)24-11-14(21)20-8-6-19(7-9-20)12-4-2-3-5-16-12/h2-5H,6-11H2,1H3. The molecule has 128 valence electrons. The van der Waals surface area contributed by atoms with E-state index in [2.05, 4.69) is 20.1 Å². The molecule has 0 bridgehead atoms. The number of rotatable bonds is 6. The van der Waals surface area contributed by atoms with Gasteiger partial charge in [-0.25, -0.2) is 4.98 Å². The molecule has 1 aliphatic heterocycles. The van der Waals surface area contributed by atoms with E-state index in [1.54, 1.807) is 18.0 Å². The normalized spacial score (nSPS) is 14.9. The van der Waals surface area contributed by atoms with E-state index in [9.17, 15) is 4.79 Å². The topological polar surface area (TPSA) is 75.4 Å². The number of amides is 1. The van der Waals surface area contributed by atoms with Crippen molar-refractivity contribution in [3.8, 4) is 0 Å². The highest BCUT2D eigenvalue weighted by Crippen LogP contribution is 2.19. The van der Waals surface area contributed by atoms with Gasteiger partial charge in [0.1, 0.15) is 5.82 Å². The molecule has 0 atom stereocenters. The van der Waals surface area contributed by atoms with Crippen molar-refractivity contribution in [3.63, 3.8) is 0 Å². The molecule has 0 radical (unpaired) electrons. The highest BCUT2D eigenvalue weighted by molar-refractivity contribution is 7.99. The fourth-order valence-corrected chi connectivity index (χ4v) is 3.47. The van der Waals surface area contributed by atoms with Gasteiger partial charge in [0.15, 0.2) is 0 Å². The number of piperazine rings is 1. The van der Waals surface area contributed by atoms with Crippen LogP contribution in [0, 0.1) is 0 Å². The summed E-state index contributed by atoms with van der Waals surface area (Å²) in [5, 5.41) is 8.35. The zero-order valence-corrected chi connectivity index (χ0v) is 15.1. The summed E-state index contributed by atoms with van der Waals surface area (Å²) in [6, 6.07) is 5.88. The summed E-state index contributed by atoms with van der Waals surface area (Å²) in [4.78, 5) is 20.8. The summed E-state index contributed by atoms with van der Waals surface area (Å²) in [6.07, 6.45) is 3.77. The SMILES string of the molecule is CSCc1nnc(SCC(=O)N2CCN(c3ccccn3)CC2)o1. The number of hydrogen-bond donors (Lipinski definition) is 0. The number of thioether (sulfide) groups is 2. The minimum atomic E-state index is 0.102. The van der Waals surface area contributed by atoms with Gasteiger partial charge in [0.25, 0.3) is 5.22 Å². The lowest BCUT2D eigenvalue weighted by molar-refractivity contribution is -0.128. The van der Waals surface area contributed by atoms with Gasteiger partial charge >= 0.3 is 0 Å². The van der Waals surface area contributed by atoms with Gasteiger partial charge in [0, 0.05) is 32.4 Å². The van der Waals surface area contributed by atoms with E-state index in [0.29, 0.717) is 35.7 Å². The summed E-state index contributed by atoms with van der Waals surface area (Å²) in [7, 11) is 0. The van der Waals surface area contributed by atoms with E-state index in [4.69, 9.17) is 4.42 Å². The molecule has 0 aromatic carbocycles. The van der Waals surface area contributed by atoms with Crippen molar-refractivity contribution >= 4 is 35.2 Å². The van der Waals surface area contributed by atoms with E-state index in [1.807, 2.05) is 29.4 Å². The first-order chi connectivity index (χ1) is 11.8. The first-order valence-electron chi connectivity index (χ1n) is 7.64. The molecule has 3 rings (SSSR count). The summed E-state index contributed by atoms with van der Waals surface area (Å²) < 4.78 is 5.47. The number of aromatic nitrogens is 3. The van der Waals surface area contributed by atoms with Gasteiger partial charge in [-0.05, 0) is 18.4 Å². The molecule has 1 fully saturated rings. The summed E-state index contributed by atoms with van der Waals surface area (Å²) in [5.41, 5.74) is 0. The molecule has 0 aliphatic carbocycles. The van der Waals surface area contributed by atoms with Gasteiger partial charge in [-0.3, -0.25) is 4.79 Å². The lowest BCUT2D eigenvalue weighted by atomic mass is 10.3. The number of pyridine rings is 1. The number of carbonyl (C=O) groups excluding carboxylic acids is 1. The third kappa shape index (κ3) is 4.41. The zero-order valence-electron chi connectivity index (χ0n) is 13.4. The molecule has 0 unspecified atom stereocenters. The summed E-state index contributed by atoms with van der Waals surface area (Å²) in [5.74, 6) is 2.68. The van der Waals surface area contributed by atoms with Crippen LogP contribution in [0.15, 0.2) is 34.0 Å². The predicted molar refractivity (Wildman–Crippen MR) is 95.3 cm³/mol. The first-order valence-corrected chi connectivity index (χ1v) is 10.0. The smallest absolute Gasteiger partial charge is 0.277 e. The molecule has 1 amide bonds. The highest BCUT2D eigenvalue weighted by atomic mass is 32.2. The van der Waals surface area contributed by atoms with Gasteiger partial charge in [-0.15, -0.1) is 10.2 Å². The Hall–Kier alpha value is -1.74. The lowest BCUT2D eigenvalue weighted by Gasteiger charge is -2.35. The molecule has 1 saturated heterocycles. The Morgan fingerprint density at radius 1 is 1.25 bits per heavy atom. The van der Waals surface area contributed by atoms with Gasteiger partial charge in [-0.1, -0.05) is 17.8 Å². The van der Waals surface area contributed by atoms with Crippen LogP contribution >= 0.6 is 23.5 Å². The van der Waals surface area contributed by atoms with Crippen LogP contribution in [-0.2, 0) is 10.5 Å². The van der Waals surface area contributed by atoms with Crippen molar-refractivity contribution in [2.75, 3.05) is 43.1 Å². The lowest BCUT2D eigenvalue weighted by Crippen LogP contribution is -2.49. The monoisotopic (exact) mass is 365 g/mol. The molecule has 9 heteroatoms. The highest BCUT2D eigenvalue weighted by Gasteiger charge is 2.22. The van der Waals surface area contributed by atoms with E-state index < -0.39 is 0 Å². The second kappa shape index (κ2) is 8.39. The molecule has 2 aromatic heterocycles. The predicted octanol–water partition coefficient (Wildman–Crippen LogP) is 1.77. The van der Waals surface area contributed by atoms with Crippen molar-refractivity contribution in [1.82, 2.24) is 20.1 Å². The van der Waals surface area contributed by atoms with Gasteiger partial charge in [0.05, 0.1) is 11.5 Å². The van der Waals surface area contributed by atoms with Crippen LogP contribution in [-0.4, -0.2) is 64.2 Å². The Labute approximate surface area is 149 Å². The van der Waals surface area contributed by atoms with Crippen LogP contribution in [0.3, 0.4) is 0 Å². The molecule has 0 N–H and O–H groups in total. The molecule has 0 spiro atoms. The number of carbonyl (C=O) groups is 1. The van der Waals surface area contributed by atoms with Gasteiger partial charge in [0.2, 0.25) is 11.8 Å². The van der Waals surface area contributed by atoms with Crippen LogP contribution < -0.4 is 4.90 Å². The second-order valence-electron chi connectivity index (χ2n) is 5.24. The van der Waals surface area contributed by atoms with Crippen molar-refractivity contribution in [2.24, 2.45) is 0 Å². The van der Waals surface area contributed by atoms with E-state index in [-0.39, 0.29) is 5.91 Å². The maximum absolute atomic E-state index is 12.3. The van der Waals surface area contributed by atoms with E-state index in [0.717, 1.165) is 18.9 Å². The molecular weight excluding hydrogens is 346 g/mol. The van der Waals surface area contributed by atoms with Crippen molar-refractivity contribution in [1.29, 1.82) is 0 Å². The van der Waals surface area contributed by atoms with Crippen LogP contribution in [0.1, 0.15) is 5.89 Å².